The number of rotatable bonds is 5. The Hall–Kier alpha value is -1.68. The highest BCUT2D eigenvalue weighted by Gasteiger charge is 2.43. The number of nitrogens with zero attached hydrogens (tertiary/aromatic N) is 1. The Morgan fingerprint density at radius 1 is 1.13 bits per heavy atom. The molecule has 0 radical (unpaired) electrons. The van der Waals surface area contributed by atoms with Crippen molar-refractivity contribution in [2.24, 2.45) is 5.92 Å². The first-order valence-corrected chi connectivity index (χ1v) is 8.68. The summed E-state index contributed by atoms with van der Waals surface area (Å²) in [5, 5.41) is 0. The number of carbonyl (C=O) groups excluding carboxylic acids is 2. The number of amides is 2. The molecule has 0 unspecified atom stereocenters. The van der Waals surface area contributed by atoms with Gasteiger partial charge in [-0.05, 0) is 24.8 Å². The predicted molar refractivity (Wildman–Crippen MR) is 87.8 cm³/mol. The van der Waals surface area contributed by atoms with Gasteiger partial charge in [-0.25, -0.2) is 0 Å². The second-order valence-electron chi connectivity index (χ2n) is 6.70. The molecular weight excluding hydrogens is 290 g/mol. The molecule has 0 spiro atoms. The van der Waals surface area contributed by atoms with Crippen LogP contribution in [-0.2, 0) is 20.7 Å². The van der Waals surface area contributed by atoms with E-state index in [1.807, 2.05) is 25.1 Å². The fraction of sp³-hybridized carbons (Fsp3) is 0.579. The molecule has 0 bridgehead atoms. The molecule has 0 aromatic heterocycles. The van der Waals surface area contributed by atoms with Crippen LogP contribution < -0.4 is 0 Å². The molecule has 4 nitrogen and oxygen atoms in total. The maximum Gasteiger partial charge on any atom is 0.232 e. The molecule has 1 aromatic rings. The lowest BCUT2D eigenvalue weighted by Crippen LogP contribution is -2.49. The van der Waals surface area contributed by atoms with Crippen LogP contribution >= 0.6 is 0 Å². The van der Waals surface area contributed by atoms with Gasteiger partial charge in [-0.2, -0.15) is 0 Å². The average molecular weight is 315 g/mol. The van der Waals surface area contributed by atoms with Crippen LogP contribution in [0.2, 0.25) is 0 Å². The number of imide groups is 1. The van der Waals surface area contributed by atoms with Gasteiger partial charge in [0.05, 0.1) is 18.8 Å². The Kier molecular flexibility index (Phi) is 5.11. The standard InChI is InChI=1S/C19H25NO3/c1-14-13-18(21)20(19(14)22)16-9-5-6-10-17(16)23-12-11-15-7-3-2-4-8-15/h2-4,7-8,14,16-17H,5-6,9-13H2,1H3/t14-,16+,17-/m1/s1. The SMILES string of the molecule is C[C@@H]1CC(=O)N([C@H]2CCCC[C@H]2OCCc2ccccc2)C1=O. The normalized spacial score (nSPS) is 28.4. The van der Waals surface area contributed by atoms with Gasteiger partial charge in [0.25, 0.3) is 0 Å². The minimum Gasteiger partial charge on any atom is -0.376 e. The van der Waals surface area contributed by atoms with Crippen molar-refractivity contribution in [1.29, 1.82) is 0 Å². The van der Waals surface area contributed by atoms with Crippen LogP contribution in [0.1, 0.15) is 44.6 Å². The van der Waals surface area contributed by atoms with Gasteiger partial charge in [0.2, 0.25) is 11.8 Å². The van der Waals surface area contributed by atoms with Crippen molar-refractivity contribution in [2.75, 3.05) is 6.61 Å². The molecule has 3 atom stereocenters. The second kappa shape index (κ2) is 7.26. The van der Waals surface area contributed by atoms with E-state index in [4.69, 9.17) is 4.74 Å². The van der Waals surface area contributed by atoms with E-state index < -0.39 is 0 Å². The summed E-state index contributed by atoms with van der Waals surface area (Å²) in [5.74, 6) is -0.209. The maximum atomic E-state index is 12.3. The lowest BCUT2D eigenvalue weighted by molar-refractivity contribution is -0.147. The third-order valence-electron chi connectivity index (χ3n) is 4.97. The molecule has 3 rings (SSSR count). The summed E-state index contributed by atoms with van der Waals surface area (Å²) >= 11 is 0. The summed E-state index contributed by atoms with van der Waals surface area (Å²) in [4.78, 5) is 26.0. The van der Waals surface area contributed by atoms with Crippen molar-refractivity contribution >= 4 is 11.8 Å². The topological polar surface area (TPSA) is 46.6 Å². The van der Waals surface area contributed by atoms with Crippen LogP contribution in [0.3, 0.4) is 0 Å². The first-order chi connectivity index (χ1) is 11.2. The van der Waals surface area contributed by atoms with E-state index >= 15 is 0 Å². The number of hydrogen-bond acceptors (Lipinski definition) is 3. The van der Waals surface area contributed by atoms with Crippen LogP contribution in [0.15, 0.2) is 30.3 Å². The minimum absolute atomic E-state index is 0.00865. The van der Waals surface area contributed by atoms with Crippen molar-refractivity contribution in [3.8, 4) is 0 Å². The van der Waals surface area contributed by atoms with E-state index in [1.54, 1.807) is 0 Å². The van der Waals surface area contributed by atoms with Crippen LogP contribution in [0, 0.1) is 5.92 Å². The van der Waals surface area contributed by atoms with E-state index in [2.05, 4.69) is 12.1 Å². The molecule has 4 heteroatoms. The molecule has 2 aliphatic rings. The summed E-state index contributed by atoms with van der Waals surface area (Å²) in [6.45, 7) is 2.48. The largest absolute Gasteiger partial charge is 0.376 e. The zero-order chi connectivity index (χ0) is 16.2. The van der Waals surface area contributed by atoms with Crippen LogP contribution in [0.5, 0.6) is 0 Å². The van der Waals surface area contributed by atoms with Gasteiger partial charge >= 0.3 is 0 Å². The lowest BCUT2D eigenvalue weighted by atomic mass is 9.91. The molecule has 1 aromatic carbocycles. The smallest absolute Gasteiger partial charge is 0.232 e. The van der Waals surface area contributed by atoms with Crippen LogP contribution in [0.4, 0.5) is 0 Å². The first kappa shape index (κ1) is 16.2. The molecule has 23 heavy (non-hydrogen) atoms. The van der Waals surface area contributed by atoms with E-state index in [9.17, 15) is 9.59 Å². The monoisotopic (exact) mass is 315 g/mol. The fourth-order valence-corrected chi connectivity index (χ4v) is 3.70. The fourth-order valence-electron chi connectivity index (χ4n) is 3.70. The quantitative estimate of drug-likeness (QED) is 0.785. The highest BCUT2D eigenvalue weighted by molar-refractivity contribution is 6.03. The van der Waals surface area contributed by atoms with Gasteiger partial charge < -0.3 is 4.74 Å². The third kappa shape index (κ3) is 3.63. The van der Waals surface area contributed by atoms with Crippen molar-refractivity contribution in [2.45, 2.75) is 57.6 Å². The Morgan fingerprint density at radius 3 is 2.57 bits per heavy atom. The van der Waals surface area contributed by atoms with E-state index in [0.29, 0.717) is 13.0 Å². The number of hydrogen-bond donors (Lipinski definition) is 0. The van der Waals surface area contributed by atoms with Crippen molar-refractivity contribution in [3.63, 3.8) is 0 Å². The molecule has 124 valence electrons. The van der Waals surface area contributed by atoms with E-state index in [-0.39, 0.29) is 29.9 Å². The van der Waals surface area contributed by atoms with Crippen molar-refractivity contribution in [3.05, 3.63) is 35.9 Å². The van der Waals surface area contributed by atoms with Gasteiger partial charge in [0.15, 0.2) is 0 Å². The molecule has 1 saturated heterocycles. The number of likely N-dealkylation sites (tertiary alicyclic amines) is 1. The molecule has 1 aliphatic heterocycles. The van der Waals surface area contributed by atoms with Gasteiger partial charge in [-0.1, -0.05) is 50.1 Å². The Balaban J connectivity index is 1.60. The molecular formula is C19H25NO3. The van der Waals surface area contributed by atoms with Crippen molar-refractivity contribution < 1.29 is 14.3 Å². The van der Waals surface area contributed by atoms with E-state index in [1.165, 1.54) is 10.5 Å². The lowest BCUT2D eigenvalue weighted by Gasteiger charge is -2.36. The molecule has 2 fully saturated rings. The first-order valence-electron chi connectivity index (χ1n) is 8.68. The predicted octanol–water partition coefficient (Wildman–Crippen LogP) is 2.95. The minimum atomic E-state index is -0.172. The van der Waals surface area contributed by atoms with Gasteiger partial charge in [-0.15, -0.1) is 0 Å². The molecule has 0 N–H and O–H groups in total. The summed E-state index contributed by atoms with van der Waals surface area (Å²) < 4.78 is 6.10. The second-order valence-corrected chi connectivity index (χ2v) is 6.70. The highest BCUT2D eigenvalue weighted by atomic mass is 16.5. The number of carbonyl (C=O) groups is 2. The summed E-state index contributed by atoms with van der Waals surface area (Å²) in [5.41, 5.74) is 1.25. The molecule has 1 heterocycles. The average Bonchev–Trinajstić information content (AvgIpc) is 2.82. The van der Waals surface area contributed by atoms with Crippen molar-refractivity contribution in [1.82, 2.24) is 4.90 Å². The Morgan fingerprint density at radius 2 is 1.87 bits per heavy atom. The molecule has 1 aliphatic carbocycles. The number of ether oxygens (including phenoxy) is 1. The zero-order valence-electron chi connectivity index (χ0n) is 13.7. The Labute approximate surface area is 137 Å². The third-order valence-corrected chi connectivity index (χ3v) is 4.97. The molecule has 1 saturated carbocycles. The molecule has 2 amide bonds. The summed E-state index contributed by atoms with van der Waals surface area (Å²) in [7, 11) is 0. The summed E-state index contributed by atoms with van der Waals surface area (Å²) in [6.07, 6.45) is 5.19. The van der Waals surface area contributed by atoms with Gasteiger partial charge in [0.1, 0.15) is 0 Å². The van der Waals surface area contributed by atoms with Crippen LogP contribution in [-0.4, -0.2) is 35.5 Å². The highest BCUT2D eigenvalue weighted by Crippen LogP contribution is 2.31. The van der Waals surface area contributed by atoms with Crippen LogP contribution in [0.25, 0.3) is 0 Å². The number of benzene rings is 1. The Bertz CT molecular complexity index is 557. The zero-order valence-corrected chi connectivity index (χ0v) is 13.7. The maximum absolute atomic E-state index is 12.3. The van der Waals surface area contributed by atoms with E-state index in [0.717, 1.165) is 32.1 Å². The van der Waals surface area contributed by atoms with Gasteiger partial charge in [-0.3, -0.25) is 14.5 Å². The van der Waals surface area contributed by atoms with Gasteiger partial charge in [0, 0.05) is 12.3 Å². The summed E-state index contributed by atoms with van der Waals surface area (Å²) in [6, 6.07) is 10.2.